The molecule has 10 aromatic carbocycles. The van der Waals surface area contributed by atoms with Crippen molar-refractivity contribution < 1.29 is 0 Å². The van der Waals surface area contributed by atoms with Crippen LogP contribution in [0.15, 0.2) is 252 Å². The highest BCUT2D eigenvalue weighted by Gasteiger charge is 2.51. The molecule has 0 amide bonds. The summed E-state index contributed by atoms with van der Waals surface area (Å²) < 4.78 is 0. The van der Waals surface area contributed by atoms with Crippen LogP contribution in [0.2, 0.25) is 0 Å². The van der Waals surface area contributed by atoms with Crippen LogP contribution in [-0.2, 0) is 0 Å². The van der Waals surface area contributed by atoms with Crippen LogP contribution in [0.3, 0.4) is 0 Å². The number of benzene rings is 10. The molecule has 4 heteroatoms. The molecular formula is C60H40BNSSi. The summed E-state index contributed by atoms with van der Waals surface area (Å²) in [6.45, 7) is 0.0123. The fraction of sp³-hybridized carbons (Fsp3) is 0. The van der Waals surface area contributed by atoms with Crippen molar-refractivity contribution >= 4 is 80.7 Å². The normalized spacial score (nSPS) is 13.6. The lowest BCUT2D eigenvalue weighted by atomic mass is 9.34. The van der Waals surface area contributed by atoms with Crippen molar-refractivity contribution in [3.63, 3.8) is 0 Å². The molecule has 0 radical (unpaired) electrons. The Labute approximate surface area is 380 Å². The Hall–Kier alpha value is -7.37. The third-order valence-corrected chi connectivity index (χ3v) is 19.8. The summed E-state index contributed by atoms with van der Waals surface area (Å²) >= 11 is 1.93. The largest absolute Gasteiger partial charge is 0.311 e. The minimum atomic E-state index is -2.80. The predicted octanol–water partition coefficient (Wildman–Crippen LogP) is 10.8. The Morgan fingerprint density at radius 2 is 0.875 bits per heavy atom. The highest BCUT2D eigenvalue weighted by Crippen LogP contribution is 2.48. The standard InChI is InChI=1S/C60H40BNSSi/c1-6-20-41(21-7-1)44-34-35-51-56(37-44)63-57-38-45(42-22-8-2-9-23-42)36-55-60(57)61(51)52-40-59-50(39-54(52)62(55)53-32-18-16-30-48(53)43-24-10-3-11-25-43)49-31-17-19-33-58(49)64(59,46-26-12-4-13-27-46)47-28-14-5-15-29-47/h1-40H. The van der Waals surface area contributed by atoms with Crippen molar-refractivity contribution in [3.8, 4) is 44.5 Å². The fourth-order valence-electron chi connectivity index (χ4n) is 11.1. The maximum absolute atomic E-state index is 2.80. The molecular weight excluding hydrogens is 806 g/mol. The summed E-state index contributed by atoms with van der Waals surface area (Å²) in [7, 11) is -2.80. The highest BCUT2D eigenvalue weighted by molar-refractivity contribution is 8.00. The minimum Gasteiger partial charge on any atom is -0.311 e. The Morgan fingerprint density at radius 3 is 1.55 bits per heavy atom. The molecule has 298 valence electrons. The van der Waals surface area contributed by atoms with Crippen LogP contribution >= 0.6 is 11.8 Å². The van der Waals surface area contributed by atoms with Gasteiger partial charge in [0, 0.05) is 26.7 Å². The molecule has 0 unspecified atom stereocenters. The molecule has 3 heterocycles. The van der Waals surface area contributed by atoms with E-state index in [1.54, 1.807) is 0 Å². The Balaban J connectivity index is 1.17. The van der Waals surface area contributed by atoms with Gasteiger partial charge in [-0.05, 0) is 101 Å². The molecule has 0 spiro atoms. The van der Waals surface area contributed by atoms with E-state index in [0.717, 1.165) is 0 Å². The molecule has 3 aliphatic heterocycles. The van der Waals surface area contributed by atoms with Gasteiger partial charge >= 0.3 is 0 Å². The van der Waals surface area contributed by atoms with Gasteiger partial charge in [0.25, 0.3) is 0 Å². The van der Waals surface area contributed by atoms with Crippen molar-refractivity contribution in [2.24, 2.45) is 0 Å². The average molecular weight is 846 g/mol. The number of rotatable bonds is 6. The van der Waals surface area contributed by atoms with Crippen molar-refractivity contribution in [3.05, 3.63) is 243 Å². The van der Waals surface area contributed by atoms with E-state index >= 15 is 0 Å². The summed E-state index contributed by atoms with van der Waals surface area (Å²) in [4.78, 5) is 5.25. The van der Waals surface area contributed by atoms with Crippen molar-refractivity contribution in [1.29, 1.82) is 0 Å². The van der Waals surface area contributed by atoms with Crippen LogP contribution in [0.25, 0.3) is 44.5 Å². The van der Waals surface area contributed by atoms with Crippen LogP contribution < -0.4 is 42.0 Å². The summed E-state index contributed by atoms with van der Waals surface area (Å²) in [5, 5.41) is 5.75. The van der Waals surface area contributed by atoms with E-state index in [-0.39, 0.29) is 6.71 Å². The van der Waals surface area contributed by atoms with Crippen LogP contribution in [-0.4, -0.2) is 14.8 Å². The quantitative estimate of drug-likeness (QED) is 0.153. The zero-order chi connectivity index (χ0) is 42.2. The van der Waals surface area contributed by atoms with Crippen LogP contribution in [0, 0.1) is 0 Å². The summed E-state index contributed by atoms with van der Waals surface area (Å²) in [6, 6.07) is 91.3. The molecule has 1 nitrogen and oxygen atoms in total. The van der Waals surface area contributed by atoms with Crippen LogP contribution in [0.1, 0.15) is 0 Å². The van der Waals surface area contributed by atoms with E-state index < -0.39 is 8.07 Å². The number of anilines is 3. The molecule has 13 rings (SSSR count). The molecule has 0 saturated carbocycles. The third-order valence-electron chi connectivity index (χ3n) is 13.8. The number of nitrogens with zero attached hydrogens (tertiary/aromatic N) is 1. The van der Waals surface area contributed by atoms with Gasteiger partial charge < -0.3 is 4.90 Å². The zero-order valence-electron chi connectivity index (χ0n) is 35.0. The summed E-state index contributed by atoms with van der Waals surface area (Å²) in [5.74, 6) is 0. The van der Waals surface area contributed by atoms with Gasteiger partial charge in [-0.1, -0.05) is 230 Å². The maximum Gasteiger partial charge on any atom is 0.249 e. The second kappa shape index (κ2) is 14.9. The average Bonchev–Trinajstić information content (AvgIpc) is 3.66. The number of para-hydroxylation sites is 1. The molecule has 0 bridgehead atoms. The summed E-state index contributed by atoms with van der Waals surface area (Å²) in [5.41, 5.74) is 17.8. The van der Waals surface area contributed by atoms with Crippen LogP contribution in [0.4, 0.5) is 17.1 Å². The Bertz CT molecular complexity index is 3370. The van der Waals surface area contributed by atoms with Crippen molar-refractivity contribution in [2.75, 3.05) is 4.90 Å². The number of hydrogen-bond acceptors (Lipinski definition) is 2. The van der Waals surface area contributed by atoms with Gasteiger partial charge in [-0.25, -0.2) is 0 Å². The second-order valence-electron chi connectivity index (χ2n) is 17.1. The van der Waals surface area contributed by atoms with E-state index in [4.69, 9.17) is 0 Å². The van der Waals surface area contributed by atoms with Gasteiger partial charge in [0.15, 0.2) is 8.07 Å². The van der Waals surface area contributed by atoms with Crippen molar-refractivity contribution in [1.82, 2.24) is 0 Å². The van der Waals surface area contributed by atoms with E-state index in [1.807, 2.05) is 11.8 Å². The maximum atomic E-state index is 2.68. The van der Waals surface area contributed by atoms with E-state index in [0.29, 0.717) is 0 Å². The molecule has 0 aliphatic carbocycles. The highest BCUT2D eigenvalue weighted by atomic mass is 32.2. The van der Waals surface area contributed by atoms with Gasteiger partial charge in [-0.2, -0.15) is 0 Å². The van der Waals surface area contributed by atoms with Crippen LogP contribution in [0.5, 0.6) is 0 Å². The smallest absolute Gasteiger partial charge is 0.249 e. The molecule has 0 N–H and O–H groups in total. The van der Waals surface area contributed by atoms with Gasteiger partial charge in [-0.3, -0.25) is 0 Å². The first-order chi connectivity index (χ1) is 31.8. The molecule has 0 fully saturated rings. The van der Waals surface area contributed by atoms with Crippen molar-refractivity contribution in [2.45, 2.75) is 9.79 Å². The zero-order valence-corrected chi connectivity index (χ0v) is 36.8. The van der Waals surface area contributed by atoms with Gasteiger partial charge in [-0.15, -0.1) is 0 Å². The SMILES string of the molecule is c1ccc(-c2ccc3c(c2)Sc2cc(-c4ccccc4)cc4c2B3c2cc3c(cc2N4c2ccccc2-c2ccccc2)-c2ccccc2[Si]3(c2ccccc2)c2ccccc2)cc1. The van der Waals surface area contributed by atoms with E-state index in [9.17, 15) is 0 Å². The minimum absolute atomic E-state index is 0.0123. The summed E-state index contributed by atoms with van der Waals surface area (Å²) in [6.07, 6.45) is 0. The van der Waals surface area contributed by atoms with E-state index in [1.165, 1.54) is 108 Å². The molecule has 3 aliphatic rings. The number of fused-ring (bicyclic) bond motifs is 7. The first-order valence-electron chi connectivity index (χ1n) is 22.2. The lowest BCUT2D eigenvalue weighted by Gasteiger charge is -2.42. The first kappa shape index (κ1) is 37.2. The van der Waals surface area contributed by atoms with Gasteiger partial charge in [0.05, 0.1) is 5.69 Å². The molecule has 64 heavy (non-hydrogen) atoms. The molecule has 0 saturated heterocycles. The number of hydrogen-bond donors (Lipinski definition) is 0. The van der Waals surface area contributed by atoms with Gasteiger partial charge in [0.1, 0.15) is 0 Å². The lowest BCUT2D eigenvalue weighted by molar-refractivity contribution is 1.27. The van der Waals surface area contributed by atoms with E-state index in [2.05, 4.69) is 248 Å². The third kappa shape index (κ3) is 5.59. The Kier molecular flexibility index (Phi) is 8.65. The topological polar surface area (TPSA) is 3.24 Å². The molecule has 0 aromatic heterocycles. The monoisotopic (exact) mass is 845 g/mol. The first-order valence-corrected chi connectivity index (χ1v) is 25.0. The Morgan fingerprint density at radius 1 is 0.328 bits per heavy atom. The lowest BCUT2D eigenvalue weighted by Crippen LogP contribution is -2.73. The molecule has 10 aromatic rings. The van der Waals surface area contributed by atoms with Gasteiger partial charge in [0.2, 0.25) is 6.71 Å². The molecule has 0 atom stereocenters. The fourth-order valence-corrected chi connectivity index (χ4v) is 17.5. The predicted molar refractivity (Wildman–Crippen MR) is 275 cm³/mol. The second-order valence-corrected chi connectivity index (χ2v) is 21.9.